The first kappa shape index (κ1) is 13.9. The van der Waals surface area contributed by atoms with Crippen molar-refractivity contribution in [1.29, 1.82) is 0 Å². The van der Waals surface area contributed by atoms with Crippen molar-refractivity contribution < 1.29 is 9.13 Å². The maximum absolute atomic E-state index is 13.6. The minimum Gasteiger partial charge on any atom is -0.494 e. The number of nitrogens with two attached hydrogens (primary N) is 1. The zero-order valence-corrected chi connectivity index (χ0v) is 10.7. The highest BCUT2D eigenvalue weighted by Gasteiger charge is 2.13. The molecule has 0 saturated carbocycles. The van der Waals surface area contributed by atoms with Gasteiger partial charge in [-0.05, 0) is 51.2 Å². The summed E-state index contributed by atoms with van der Waals surface area (Å²) in [7, 11) is 3.48. The van der Waals surface area contributed by atoms with Gasteiger partial charge in [-0.25, -0.2) is 4.39 Å². The predicted molar refractivity (Wildman–Crippen MR) is 67.7 cm³/mol. The van der Waals surface area contributed by atoms with Crippen molar-refractivity contribution >= 4 is 0 Å². The number of hydrogen-bond acceptors (Lipinski definition) is 3. The van der Waals surface area contributed by atoms with E-state index in [9.17, 15) is 4.39 Å². The molecule has 0 aliphatic heterocycles. The van der Waals surface area contributed by atoms with Gasteiger partial charge in [0.2, 0.25) is 0 Å². The molecule has 1 unspecified atom stereocenters. The van der Waals surface area contributed by atoms with Crippen LogP contribution in [-0.4, -0.2) is 32.1 Å². The summed E-state index contributed by atoms with van der Waals surface area (Å²) in [6.45, 7) is 3.64. The quantitative estimate of drug-likeness (QED) is 0.828. The number of methoxy groups -OCH3 is 1. The largest absolute Gasteiger partial charge is 0.494 e. The van der Waals surface area contributed by atoms with Gasteiger partial charge in [-0.15, -0.1) is 0 Å². The van der Waals surface area contributed by atoms with Gasteiger partial charge in [0.15, 0.2) is 11.6 Å². The van der Waals surface area contributed by atoms with Crippen molar-refractivity contribution in [3.63, 3.8) is 0 Å². The highest BCUT2D eigenvalue weighted by molar-refractivity contribution is 5.30. The molecule has 0 aromatic heterocycles. The molecule has 0 aliphatic rings. The lowest BCUT2D eigenvalue weighted by Crippen LogP contribution is -2.25. The van der Waals surface area contributed by atoms with Crippen molar-refractivity contribution in [3.05, 3.63) is 29.6 Å². The summed E-state index contributed by atoms with van der Waals surface area (Å²) in [5, 5.41) is 0. The summed E-state index contributed by atoms with van der Waals surface area (Å²) in [6.07, 6.45) is 0.944. The molecule has 0 amide bonds. The summed E-state index contributed by atoms with van der Waals surface area (Å²) < 4.78 is 18.5. The minimum atomic E-state index is -0.316. The molecule has 1 rings (SSSR count). The highest BCUT2D eigenvalue weighted by Crippen LogP contribution is 2.24. The molecule has 0 aliphatic carbocycles. The lowest BCUT2D eigenvalue weighted by molar-refractivity contribution is 0.259. The van der Waals surface area contributed by atoms with Crippen molar-refractivity contribution in [2.24, 2.45) is 5.73 Å². The fourth-order valence-corrected chi connectivity index (χ4v) is 1.73. The van der Waals surface area contributed by atoms with E-state index < -0.39 is 0 Å². The Labute approximate surface area is 102 Å². The number of hydrogen-bond donors (Lipinski definition) is 1. The Balaban J connectivity index is 2.74. The van der Waals surface area contributed by atoms with Crippen LogP contribution in [-0.2, 0) is 0 Å². The molecule has 2 N–H and O–H groups in total. The number of benzene rings is 1. The molecule has 0 bridgehead atoms. The monoisotopic (exact) mass is 240 g/mol. The van der Waals surface area contributed by atoms with E-state index in [2.05, 4.69) is 11.8 Å². The van der Waals surface area contributed by atoms with E-state index in [0.717, 1.165) is 18.5 Å². The standard InChI is InChI=1S/C13H21FN2O/c1-10(16(2)8-4-7-15)11-5-6-13(17-3)12(14)9-11/h5-6,9-10H,4,7-8,15H2,1-3H3. The van der Waals surface area contributed by atoms with Crippen LogP contribution >= 0.6 is 0 Å². The van der Waals surface area contributed by atoms with Crippen LogP contribution in [0.25, 0.3) is 0 Å². The summed E-state index contributed by atoms with van der Waals surface area (Å²) in [4.78, 5) is 2.16. The molecule has 0 saturated heterocycles. The molecule has 0 radical (unpaired) electrons. The van der Waals surface area contributed by atoms with Crippen molar-refractivity contribution in [3.8, 4) is 5.75 Å². The van der Waals surface area contributed by atoms with Gasteiger partial charge in [0.1, 0.15) is 0 Å². The molecule has 1 aromatic carbocycles. The van der Waals surface area contributed by atoms with E-state index >= 15 is 0 Å². The van der Waals surface area contributed by atoms with Crippen LogP contribution in [0.2, 0.25) is 0 Å². The molecule has 1 aromatic rings. The van der Waals surface area contributed by atoms with Crippen LogP contribution in [0, 0.1) is 5.82 Å². The van der Waals surface area contributed by atoms with Gasteiger partial charge in [0, 0.05) is 6.04 Å². The zero-order valence-electron chi connectivity index (χ0n) is 10.7. The van der Waals surface area contributed by atoms with Crippen LogP contribution in [0.15, 0.2) is 18.2 Å². The van der Waals surface area contributed by atoms with Crippen molar-refractivity contribution in [2.45, 2.75) is 19.4 Å². The molecule has 0 fully saturated rings. The minimum absolute atomic E-state index is 0.168. The van der Waals surface area contributed by atoms with E-state index in [0.29, 0.717) is 6.54 Å². The van der Waals surface area contributed by atoms with Crippen molar-refractivity contribution in [2.75, 3.05) is 27.2 Å². The molecular formula is C13H21FN2O. The summed E-state index contributed by atoms with van der Waals surface area (Å²) >= 11 is 0. The molecule has 96 valence electrons. The second kappa shape index (κ2) is 6.57. The Bertz CT molecular complexity index is 357. The molecule has 0 spiro atoms. The predicted octanol–water partition coefficient (Wildman–Crippen LogP) is 2.18. The van der Waals surface area contributed by atoms with Crippen molar-refractivity contribution in [1.82, 2.24) is 4.90 Å². The number of ether oxygens (including phenoxy) is 1. The number of nitrogens with zero attached hydrogens (tertiary/aromatic N) is 1. The van der Waals surface area contributed by atoms with Gasteiger partial charge in [-0.2, -0.15) is 0 Å². The topological polar surface area (TPSA) is 38.5 Å². The third-order valence-corrected chi connectivity index (χ3v) is 3.03. The first-order valence-corrected chi connectivity index (χ1v) is 5.84. The van der Waals surface area contributed by atoms with Crippen LogP contribution in [0.1, 0.15) is 24.9 Å². The Morgan fingerprint density at radius 1 is 1.47 bits per heavy atom. The summed E-state index contributed by atoms with van der Waals surface area (Å²) in [5.41, 5.74) is 6.42. The molecule has 4 heteroatoms. The highest BCUT2D eigenvalue weighted by atomic mass is 19.1. The third-order valence-electron chi connectivity index (χ3n) is 3.03. The Hall–Kier alpha value is -1.13. The molecule has 0 heterocycles. The molecule has 17 heavy (non-hydrogen) atoms. The number of rotatable bonds is 6. The summed E-state index contributed by atoms with van der Waals surface area (Å²) in [5.74, 6) is -0.0327. The lowest BCUT2D eigenvalue weighted by atomic mass is 10.1. The summed E-state index contributed by atoms with van der Waals surface area (Å²) in [6, 6.07) is 5.26. The van der Waals surface area contributed by atoms with Gasteiger partial charge >= 0.3 is 0 Å². The molecule has 3 nitrogen and oxygen atoms in total. The molecule has 1 atom stereocenters. The van der Waals surface area contributed by atoms with Gasteiger partial charge in [-0.1, -0.05) is 6.07 Å². The second-order valence-electron chi connectivity index (χ2n) is 4.19. The number of halogens is 1. The van der Waals surface area contributed by atoms with E-state index in [4.69, 9.17) is 10.5 Å². The zero-order chi connectivity index (χ0) is 12.8. The fourth-order valence-electron chi connectivity index (χ4n) is 1.73. The van der Waals surface area contributed by atoms with E-state index in [1.807, 2.05) is 13.1 Å². The van der Waals surface area contributed by atoms with Gasteiger partial charge in [-0.3, -0.25) is 4.90 Å². The van der Waals surface area contributed by atoms with Crippen LogP contribution < -0.4 is 10.5 Å². The van der Waals surface area contributed by atoms with Crippen LogP contribution in [0.5, 0.6) is 5.75 Å². The van der Waals surface area contributed by atoms with E-state index in [1.165, 1.54) is 13.2 Å². The lowest BCUT2D eigenvalue weighted by Gasteiger charge is -2.25. The second-order valence-corrected chi connectivity index (χ2v) is 4.19. The first-order valence-electron chi connectivity index (χ1n) is 5.84. The Morgan fingerprint density at radius 3 is 2.71 bits per heavy atom. The van der Waals surface area contributed by atoms with Gasteiger partial charge in [0.25, 0.3) is 0 Å². The Kier molecular flexibility index (Phi) is 5.38. The SMILES string of the molecule is COc1ccc(C(C)N(C)CCCN)cc1F. The Morgan fingerprint density at radius 2 is 2.18 bits per heavy atom. The maximum Gasteiger partial charge on any atom is 0.165 e. The molecular weight excluding hydrogens is 219 g/mol. The normalized spacial score (nSPS) is 12.8. The van der Waals surface area contributed by atoms with E-state index in [-0.39, 0.29) is 17.6 Å². The average molecular weight is 240 g/mol. The van der Waals surface area contributed by atoms with Gasteiger partial charge < -0.3 is 10.5 Å². The smallest absolute Gasteiger partial charge is 0.165 e. The van der Waals surface area contributed by atoms with E-state index in [1.54, 1.807) is 6.07 Å². The van der Waals surface area contributed by atoms with Crippen LogP contribution in [0.4, 0.5) is 4.39 Å². The third kappa shape index (κ3) is 3.68. The maximum atomic E-state index is 13.6. The fraction of sp³-hybridized carbons (Fsp3) is 0.538. The first-order chi connectivity index (χ1) is 8.10. The van der Waals surface area contributed by atoms with Crippen LogP contribution in [0.3, 0.4) is 0 Å². The van der Waals surface area contributed by atoms with Gasteiger partial charge in [0.05, 0.1) is 7.11 Å². The average Bonchev–Trinajstić information content (AvgIpc) is 2.34.